The van der Waals surface area contributed by atoms with Crippen LogP contribution in [0.2, 0.25) is 0 Å². The van der Waals surface area contributed by atoms with E-state index in [9.17, 15) is 4.79 Å². The second-order valence-corrected chi connectivity index (χ2v) is 5.18. The number of aromatic nitrogens is 1. The van der Waals surface area contributed by atoms with Gasteiger partial charge in [-0.3, -0.25) is 4.79 Å². The number of aryl methyl sites for hydroxylation is 2. The molecule has 0 aliphatic carbocycles. The highest BCUT2D eigenvalue weighted by Gasteiger charge is 2.26. The molecule has 1 aromatic carbocycles. The topological polar surface area (TPSA) is 34.0 Å². The third kappa shape index (κ3) is 2.41. The molecule has 3 heteroatoms. The van der Waals surface area contributed by atoms with Crippen LogP contribution in [-0.2, 0) is 6.54 Å². The van der Waals surface area contributed by atoms with Crippen molar-refractivity contribution in [2.75, 3.05) is 11.9 Å². The summed E-state index contributed by atoms with van der Waals surface area (Å²) in [5.41, 5.74) is 3.18. The largest absolute Gasteiger partial charge is 0.384 e. The Morgan fingerprint density at radius 1 is 1.26 bits per heavy atom. The van der Waals surface area contributed by atoms with Crippen molar-refractivity contribution < 1.29 is 4.79 Å². The Morgan fingerprint density at radius 3 is 2.84 bits per heavy atom. The van der Waals surface area contributed by atoms with Crippen LogP contribution in [0, 0.1) is 12.8 Å². The predicted octanol–water partition coefficient (Wildman–Crippen LogP) is 3.11. The lowest BCUT2D eigenvalue weighted by Crippen LogP contribution is -2.30. The minimum atomic E-state index is 0.0868. The number of fused-ring (bicyclic) bond motifs is 1. The third-order valence-electron chi connectivity index (χ3n) is 3.78. The first kappa shape index (κ1) is 12.0. The lowest BCUT2D eigenvalue weighted by Gasteiger charge is -2.23. The molecule has 1 aromatic heterocycles. The average Bonchev–Trinajstić information content (AvgIpc) is 2.89. The number of hydrogen-bond acceptors (Lipinski definition) is 2. The number of rotatable bonds is 3. The van der Waals surface area contributed by atoms with Crippen molar-refractivity contribution >= 4 is 11.5 Å². The van der Waals surface area contributed by atoms with Crippen molar-refractivity contribution in [3.63, 3.8) is 0 Å². The first-order valence-electron chi connectivity index (χ1n) is 6.74. The van der Waals surface area contributed by atoms with Gasteiger partial charge in [-0.25, -0.2) is 0 Å². The van der Waals surface area contributed by atoms with Gasteiger partial charge in [-0.2, -0.15) is 0 Å². The zero-order valence-corrected chi connectivity index (χ0v) is 11.1. The maximum atomic E-state index is 12.3. The lowest BCUT2D eigenvalue weighted by atomic mass is 9.94. The van der Waals surface area contributed by atoms with E-state index in [2.05, 4.69) is 36.5 Å². The summed E-state index contributed by atoms with van der Waals surface area (Å²) in [4.78, 5) is 12.3. The van der Waals surface area contributed by atoms with Crippen LogP contribution in [-0.4, -0.2) is 16.9 Å². The van der Waals surface area contributed by atoms with Gasteiger partial charge in [-0.05, 0) is 37.6 Å². The molecule has 0 bridgehead atoms. The highest BCUT2D eigenvalue weighted by molar-refractivity contribution is 5.97. The van der Waals surface area contributed by atoms with Gasteiger partial charge in [-0.1, -0.05) is 17.7 Å². The van der Waals surface area contributed by atoms with Crippen LogP contribution < -0.4 is 5.32 Å². The number of nitrogens with one attached hydrogen (secondary N) is 1. The fourth-order valence-electron chi connectivity index (χ4n) is 2.58. The molecule has 19 heavy (non-hydrogen) atoms. The number of anilines is 1. The summed E-state index contributed by atoms with van der Waals surface area (Å²) in [5, 5.41) is 3.36. The molecule has 1 aliphatic rings. The molecule has 1 aliphatic heterocycles. The summed E-state index contributed by atoms with van der Waals surface area (Å²) >= 11 is 0. The highest BCUT2D eigenvalue weighted by Crippen LogP contribution is 2.21. The van der Waals surface area contributed by atoms with E-state index in [4.69, 9.17) is 0 Å². The monoisotopic (exact) mass is 254 g/mol. The summed E-state index contributed by atoms with van der Waals surface area (Å²) in [6.45, 7) is 3.73. The van der Waals surface area contributed by atoms with Crippen LogP contribution in [0.1, 0.15) is 22.5 Å². The van der Waals surface area contributed by atoms with Gasteiger partial charge >= 0.3 is 0 Å². The Bertz CT molecular complexity index is 583. The van der Waals surface area contributed by atoms with Gasteiger partial charge in [0.1, 0.15) is 0 Å². The second kappa shape index (κ2) is 4.92. The number of hydrogen-bond donors (Lipinski definition) is 1. The van der Waals surface area contributed by atoms with Gasteiger partial charge in [0, 0.05) is 30.9 Å². The van der Waals surface area contributed by atoms with E-state index in [1.807, 2.05) is 22.9 Å². The van der Waals surface area contributed by atoms with Crippen LogP contribution in [0.3, 0.4) is 0 Å². The Morgan fingerprint density at radius 2 is 2.05 bits per heavy atom. The zero-order valence-electron chi connectivity index (χ0n) is 11.1. The van der Waals surface area contributed by atoms with Crippen molar-refractivity contribution in [3.05, 3.63) is 53.9 Å². The Labute approximate surface area is 113 Å². The SMILES string of the molecule is Cc1ccc(NCC2CCn3cccc3C2=O)cc1. The van der Waals surface area contributed by atoms with Crippen molar-refractivity contribution in [1.29, 1.82) is 0 Å². The molecule has 3 nitrogen and oxygen atoms in total. The van der Waals surface area contributed by atoms with Gasteiger partial charge in [-0.15, -0.1) is 0 Å². The second-order valence-electron chi connectivity index (χ2n) is 5.18. The van der Waals surface area contributed by atoms with Gasteiger partial charge in [0.05, 0.1) is 5.69 Å². The van der Waals surface area contributed by atoms with Crippen molar-refractivity contribution in [2.24, 2.45) is 5.92 Å². The van der Waals surface area contributed by atoms with Crippen LogP contribution >= 0.6 is 0 Å². The Hall–Kier alpha value is -2.03. The summed E-state index contributed by atoms with van der Waals surface area (Å²) in [6.07, 6.45) is 2.90. The van der Waals surface area contributed by atoms with E-state index < -0.39 is 0 Å². The van der Waals surface area contributed by atoms with Crippen LogP contribution in [0.25, 0.3) is 0 Å². The molecular formula is C16H18N2O. The number of ketones is 1. The molecule has 0 saturated heterocycles. The molecular weight excluding hydrogens is 236 g/mol. The number of Topliss-reactive ketones (excluding diaryl/α,β-unsaturated/α-hetero) is 1. The van der Waals surface area contributed by atoms with Crippen molar-refractivity contribution in [2.45, 2.75) is 19.9 Å². The molecule has 1 unspecified atom stereocenters. The normalized spacial score (nSPS) is 18.2. The van der Waals surface area contributed by atoms with Gasteiger partial charge in [0.25, 0.3) is 0 Å². The summed E-state index contributed by atoms with van der Waals surface area (Å²) < 4.78 is 2.05. The summed E-state index contributed by atoms with van der Waals surface area (Å²) in [6, 6.07) is 12.1. The van der Waals surface area contributed by atoms with Gasteiger partial charge < -0.3 is 9.88 Å². The lowest BCUT2D eigenvalue weighted by molar-refractivity contribution is 0.0887. The molecule has 2 aromatic rings. The maximum Gasteiger partial charge on any atom is 0.184 e. The molecule has 0 amide bonds. The number of carbonyl (C=O) groups is 1. The standard InChI is InChI=1S/C16H18N2O/c1-12-4-6-14(7-5-12)17-11-13-8-10-18-9-2-3-15(18)16(13)19/h2-7,9,13,17H,8,10-11H2,1H3. The molecule has 0 spiro atoms. The van der Waals surface area contributed by atoms with E-state index in [0.29, 0.717) is 6.54 Å². The van der Waals surface area contributed by atoms with E-state index in [1.165, 1.54) is 5.56 Å². The number of nitrogens with zero attached hydrogens (tertiary/aromatic N) is 1. The maximum absolute atomic E-state index is 12.3. The van der Waals surface area contributed by atoms with E-state index in [-0.39, 0.29) is 11.7 Å². The molecule has 1 N–H and O–H groups in total. The van der Waals surface area contributed by atoms with E-state index >= 15 is 0 Å². The molecule has 0 radical (unpaired) electrons. The minimum absolute atomic E-state index is 0.0868. The minimum Gasteiger partial charge on any atom is -0.384 e. The predicted molar refractivity (Wildman–Crippen MR) is 76.5 cm³/mol. The van der Waals surface area contributed by atoms with Crippen LogP contribution in [0.5, 0.6) is 0 Å². The van der Waals surface area contributed by atoms with Crippen LogP contribution in [0.15, 0.2) is 42.6 Å². The summed E-state index contributed by atoms with van der Waals surface area (Å²) in [5.74, 6) is 0.347. The van der Waals surface area contributed by atoms with Gasteiger partial charge in [0.2, 0.25) is 0 Å². The number of carbonyl (C=O) groups excluding carboxylic acids is 1. The fourth-order valence-corrected chi connectivity index (χ4v) is 2.58. The third-order valence-corrected chi connectivity index (χ3v) is 3.78. The summed E-state index contributed by atoms with van der Waals surface area (Å²) in [7, 11) is 0. The highest BCUT2D eigenvalue weighted by atomic mass is 16.1. The van der Waals surface area contributed by atoms with Gasteiger partial charge in [0.15, 0.2) is 5.78 Å². The van der Waals surface area contributed by atoms with Crippen molar-refractivity contribution in [1.82, 2.24) is 4.57 Å². The zero-order chi connectivity index (χ0) is 13.2. The average molecular weight is 254 g/mol. The van der Waals surface area contributed by atoms with E-state index in [0.717, 1.165) is 24.3 Å². The van der Waals surface area contributed by atoms with Crippen LogP contribution in [0.4, 0.5) is 5.69 Å². The smallest absolute Gasteiger partial charge is 0.184 e. The molecule has 98 valence electrons. The molecule has 1 atom stereocenters. The Balaban J connectivity index is 1.65. The van der Waals surface area contributed by atoms with E-state index in [1.54, 1.807) is 0 Å². The molecule has 0 saturated carbocycles. The van der Waals surface area contributed by atoms with Crippen molar-refractivity contribution in [3.8, 4) is 0 Å². The Kier molecular flexibility index (Phi) is 3.11. The number of benzene rings is 1. The quantitative estimate of drug-likeness (QED) is 0.913. The molecule has 3 rings (SSSR count). The fraction of sp³-hybridized carbons (Fsp3) is 0.312. The first-order chi connectivity index (χ1) is 9.24. The first-order valence-corrected chi connectivity index (χ1v) is 6.74. The molecule has 2 heterocycles. The molecule has 0 fully saturated rings.